The number of hydrogen-bond acceptors (Lipinski definition) is 3. The smallest absolute Gasteiger partial charge is 0.388 e. The third-order valence-corrected chi connectivity index (χ3v) is 5.19. The molecule has 0 aromatic carbocycles. The zero-order valence-electron chi connectivity index (χ0n) is 19.2. The third kappa shape index (κ3) is 7.28. The van der Waals surface area contributed by atoms with Gasteiger partial charge in [-0.2, -0.15) is 65.9 Å². The van der Waals surface area contributed by atoms with Crippen LogP contribution in [0.3, 0.4) is 0 Å². The molecular formula is C19H25F15O3. The molecule has 0 aromatic rings. The maximum Gasteiger partial charge on any atom is 0.460 e. The molecule has 2 atom stereocenters. The van der Waals surface area contributed by atoms with E-state index in [0.29, 0.717) is 6.42 Å². The topological polar surface area (TPSA) is 38.7 Å². The molecule has 0 radical (unpaired) electrons. The fourth-order valence-corrected chi connectivity index (χ4v) is 2.73. The number of hydrogen-bond donors (Lipinski definition) is 1. The zero-order chi connectivity index (χ0) is 29.7. The molecule has 0 saturated heterocycles. The van der Waals surface area contributed by atoms with E-state index in [0.717, 1.165) is 19.3 Å². The largest absolute Gasteiger partial charge is 0.460 e. The first-order chi connectivity index (χ1) is 16.4. The minimum Gasteiger partial charge on any atom is -0.388 e. The van der Waals surface area contributed by atoms with Crippen molar-refractivity contribution in [2.75, 3.05) is 26.4 Å². The van der Waals surface area contributed by atoms with Crippen LogP contribution >= 0.6 is 0 Å². The highest BCUT2D eigenvalue weighted by Crippen LogP contribution is 2.62. The van der Waals surface area contributed by atoms with Gasteiger partial charge in [-0.3, -0.25) is 0 Å². The molecule has 37 heavy (non-hydrogen) atoms. The van der Waals surface area contributed by atoms with Crippen LogP contribution in [0.15, 0.2) is 0 Å². The first-order valence-electron chi connectivity index (χ1n) is 10.6. The molecule has 224 valence electrons. The van der Waals surface area contributed by atoms with E-state index >= 15 is 0 Å². The summed E-state index contributed by atoms with van der Waals surface area (Å²) in [7, 11) is 0. The van der Waals surface area contributed by atoms with Crippen molar-refractivity contribution < 1.29 is 80.4 Å². The van der Waals surface area contributed by atoms with Gasteiger partial charge in [-0.05, 0) is 12.3 Å². The van der Waals surface area contributed by atoms with Crippen molar-refractivity contribution in [2.24, 2.45) is 5.92 Å². The second kappa shape index (κ2) is 12.3. The first-order valence-corrected chi connectivity index (χ1v) is 10.6. The van der Waals surface area contributed by atoms with Gasteiger partial charge in [-0.25, -0.2) is 0 Å². The Hall–Kier alpha value is -1.17. The van der Waals surface area contributed by atoms with Crippen LogP contribution in [0.1, 0.15) is 39.5 Å². The van der Waals surface area contributed by atoms with E-state index in [9.17, 15) is 71.0 Å². The monoisotopic (exact) mass is 586 g/mol. The molecule has 0 amide bonds. The summed E-state index contributed by atoms with van der Waals surface area (Å²) >= 11 is 0. The molecular weight excluding hydrogens is 561 g/mol. The Morgan fingerprint density at radius 1 is 0.595 bits per heavy atom. The molecule has 18 heteroatoms. The van der Waals surface area contributed by atoms with E-state index in [1.54, 1.807) is 0 Å². The number of halogens is 15. The molecule has 1 N–H and O–H groups in total. The second-order valence-corrected chi connectivity index (χ2v) is 8.20. The van der Waals surface area contributed by atoms with Gasteiger partial charge in [-0.1, -0.05) is 33.1 Å². The molecule has 0 saturated carbocycles. The summed E-state index contributed by atoms with van der Waals surface area (Å²) in [6.45, 7) is -1.14. The molecule has 0 heterocycles. The van der Waals surface area contributed by atoms with Crippen LogP contribution in [-0.4, -0.2) is 79.3 Å². The highest BCUT2D eigenvalue weighted by atomic mass is 19.4. The SMILES string of the molecule is CCCCC(CC)COCC(O)COCC(F)(F)C(F)(F)C(F)(F)C(F)(F)C(F)(F)C(F)(F)C(F)(F)F. The van der Waals surface area contributed by atoms with Crippen molar-refractivity contribution in [3.63, 3.8) is 0 Å². The zero-order valence-corrected chi connectivity index (χ0v) is 19.2. The number of ether oxygens (including phenoxy) is 2. The fraction of sp³-hybridized carbons (Fsp3) is 1.00. The number of unbranched alkanes of at least 4 members (excludes halogenated alkanes) is 1. The van der Waals surface area contributed by atoms with Crippen molar-refractivity contribution >= 4 is 0 Å². The predicted molar refractivity (Wildman–Crippen MR) is 96.7 cm³/mol. The molecule has 0 aliphatic carbocycles. The van der Waals surface area contributed by atoms with Gasteiger partial charge in [0.25, 0.3) is 0 Å². The van der Waals surface area contributed by atoms with E-state index in [2.05, 4.69) is 4.74 Å². The summed E-state index contributed by atoms with van der Waals surface area (Å²) in [4.78, 5) is 0. The van der Waals surface area contributed by atoms with Crippen molar-refractivity contribution in [1.82, 2.24) is 0 Å². The van der Waals surface area contributed by atoms with E-state index in [4.69, 9.17) is 4.74 Å². The van der Waals surface area contributed by atoms with Crippen molar-refractivity contribution in [1.29, 1.82) is 0 Å². The van der Waals surface area contributed by atoms with Crippen LogP contribution in [-0.2, 0) is 9.47 Å². The summed E-state index contributed by atoms with van der Waals surface area (Å²) in [5.74, 6) is -46.9. The Balaban J connectivity index is 5.41. The molecule has 3 nitrogen and oxygen atoms in total. The molecule has 0 aliphatic rings. The average Bonchev–Trinajstić information content (AvgIpc) is 2.74. The van der Waals surface area contributed by atoms with Gasteiger partial charge >= 0.3 is 41.7 Å². The summed E-state index contributed by atoms with van der Waals surface area (Å²) < 4.78 is 205. The summed E-state index contributed by atoms with van der Waals surface area (Å²) in [6.07, 6.45) is -6.42. The maximum atomic E-state index is 13.7. The van der Waals surface area contributed by atoms with Crippen molar-refractivity contribution in [3.8, 4) is 0 Å². The van der Waals surface area contributed by atoms with Gasteiger partial charge < -0.3 is 14.6 Å². The lowest BCUT2D eigenvalue weighted by molar-refractivity contribution is -0.453. The number of aliphatic hydroxyl groups is 1. The number of rotatable bonds is 17. The van der Waals surface area contributed by atoms with Crippen LogP contribution in [0.4, 0.5) is 65.9 Å². The first kappa shape index (κ1) is 35.8. The Kier molecular flexibility index (Phi) is 12.0. The Bertz CT molecular complexity index is 695. The Labute approximate surface area is 201 Å². The van der Waals surface area contributed by atoms with E-state index in [1.165, 1.54) is 0 Å². The summed E-state index contributed by atoms with van der Waals surface area (Å²) in [6, 6.07) is 0. The lowest BCUT2D eigenvalue weighted by Crippen LogP contribution is -2.73. The van der Waals surface area contributed by atoms with Crippen LogP contribution in [0.5, 0.6) is 0 Å². The molecule has 0 rings (SSSR count). The molecule has 0 aliphatic heterocycles. The molecule has 0 fully saturated rings. The van der Waals surface area contributed by atoms with Crippen LogP contribution in [0.2, 0.25) is 0 Å². The maximum absolute atomic E-state index is 13.7. The Morgan fingerprint density at radius 3 is 1.46 bits per heavy atom. The van der Waals surface area contributed by atoms with Gasteiger partial charge in [0.1, 0.15) is 12.7 Å². The predicted octanol–water partition coefficient (Wildman–Crippen LogP) is 6.97. The third-order valence-electron chi connectivity index (χ3n) is 5.19. The fourth-order valence-electron chi connectivity index (χ4n) is 2.73. The van der Waals surface area contributed by atoms with Gasteiger partial charge in [0.15, 0.2) is 0 Å². The minimum absolute atomic E-state index is 0.0304. The van der Waals surface area contributed by atoms with Crippen molar-refractivity contribution in [3.05, 3.63) is 0 Å². The van der Waals surface area contributed by atoms with Gasteiger partial charge in [0, 0.05) is 6.61 Å². The van der Waals surface area contributed by atoms with Gasteiger partial charge in [0.05, 0.1) is 13.2 Å². The second-order valence-electron chi connectivity index (χ2n) is 8.20. The van der Waals surface area contributed by atoms with Crippen LogP contribution in [0.25, 0.3) is 0 Å². The molecule has 0 bridgehead atoms. The molecule has 2 unspecified atom stereocenters. The highest BCUT2D eigenvalue weighted by Gasteiger charge is 2.93. The van der Waals surface area contributed by atoms with Crippen LogP contribution in [0, 0.1) is 5.92 Å². The van der Waals surface area contributed by atoms with Gasteiger partial charge in [0.2, 0.25) is 0 Å². The van der Waals surface area contributed by atoms with Crippen molar-refractivity contribution in [2.45, 2.75) is 87.3 Å². The minimum atomic E-state index is -8.34. The van der Waals surface area contributed by atoms with Gasteiger partial charge in [-0.15, -0.1) is 0 Å². The lowest BCUT2D eigenvalue weighted by Gasteiger charge is -2.41. The number of alkyl halides is 15. The van der Waals surface area contributed by atoms with E-state index in [1.807, 2.05) is 13.8 Å². The molecule has 0 spiro atoms. The average molecular weight is 586 g/mol. The molecule has 0 aromatic heterocycles. The number of aliphatic hydroxyl groups excluding tert-OH is 1. The van der Waals surface area contributed by atoms with Crippen LogP contribution < -0.4 is 0 Å². The quantitative estimate of drug-likeness (QED) is 0.187. The summed E-state index contributed by atoms with van der Waals surface area (Å²) in [5, 5.41) is 9.53. The van der Waals surface area contributed by atoms with E-state index in [-0.39, 0.29) is 12.5 Å². The lowest BCUT2D eigenvalue weighted by atomic mass is 9.91. The standard InChI is InChI=1S/C19H25F15O3/c1-3-5-6-11(4-2)7-36-8-12(35)9-37-10-13(20,21)14(22,23)15(24,25)16(26,27)17(28,29)18(30,31)19(32,33)34/h11-12,35H,3-10H2,1-2H3. The Morgan fingerprint density at radius 2 is 1.03 bits per heavy atom. The van der Waals surface area contributed by atoms with E-state index < -0.39 is 67.6 Å². The summed E-state index contributed by atoms with van der Waals surface area (Å²) in [5.41, 5.74) is 0. The normalized spacial score (nSPS) is 16.7. The highest BCUT2D eigenvalue weighted by molar-refractivity contribution is 5.13.